The normalized spacial score (nSPS) is 10.9. The highest BCUT2D eigenvalue weighted by atomic mass is 35.5. The van der Waals surface area contributed by atoms with Gasteiger partial charge in [0.25, 0.3) is 0 Å². The molecule has 0 aliphatic carbocycles. The molecule has 2 aromatic carbocycles. The molecule has 4 aromatic rings. The maximum Gasteiger partial charge on any atom is 0.353 e. The molecule has 2 aromatic heterocycles. The fraction of sp³-hybridized carbons (Fsp3) is 0.0556. The summed E-state index contributed by atoms with van der Waals surface area (Å²) in [7, 11) is 0. The summed E-state index contributed by atoms with van der Waals surface area (Å²) >= 11 is 7.13. The Bertz CT molecular complexity index is 1250. The highest BCUT2D eigenvalue weighted by molar-refractivity contribution is 7.22. The van der Waals surface area contributed by atoms with Crippen LogP contribution in [0, 0.1) is 22.9 Å². The van der Waals surface area contributed by atoms with E-state index in [0.717, 1.165) is 21.8 Å². The molecule has 2 heterocycles. The number of aromatic nitrogens is 3. The lowest BCUT2D eigenvalue weighted by atomic mass is 10.2. The largest absolute Gasteiger partial charge is 0.353 e. The molecule has 0 bridgehead atoms. The maximum atomic E-state index is 13.4. The molecule has 0 amide bonds. The zero-order valence-corrected chi connectivity index (χ0v) is 16.4. The Morgan fingerprint density at radius 3 is 2.62 bits per heavy atom. The topological polar surface area (TPSA) is 106 Å². The molecule has 4 rings (SSSR count). The molecule has 0 saturated carbocycles. The van der Waals surface area contributed by atoms with Gasteiger partial charge in [0.1, 0.15) is 12.1 Å². The van der Waals surface area contributed by atoms with Gasteiger partial charge in [0.15, 0.2) is 5.13 Å². The molecule has 0 aliphatic rings. The number of anilines is 4. The Labute approximate surface area is 172 Å². The van der Waals surface area contributed by atoms with Crippen molar-refractivity contribution < 1.29 is 9.31 Å². The molecule has 2 N–H and O–H groups in total. The molecular formula is C18H12ClFN6O2S. The standard InChI is InChI=1S/C18H12ClFN6O2S/c1-9-3-2-4-13-14(9)24-18(29-13)25-17-15(26(27)28)16(21-8-22-17)23-10-5-6-12(20)11(19)7-10/h2-8H,1H3,(H2,21,22,23,24,25). The van der Waals surface area contributed by atoms with E-state index in [0.29, 0.717) is 10.8 Å². The van der Waals surface area contributed by atoms with E-state index in [1.54, 1.807) is 0 Å². The van der Waals surface area contributed by atoms with E-state index in [9.17, 15) is 14.5 Å². The van der Waals surface area contributed by atoms with E-state index >= 15 is 0 Å². The minimum atomic E-state index is -0.603. The molecule has 0 spiro atoms. The predicted octanol–water partition coefficient (Wildman–Crippen LogP) is 5.58. The Kier molecular flexibility index (Phi) is 4.95. The third-order valence-corrected chi connectivity index (χ3v) is 5.26. The summed E-state index contributed by atoms with van der Waals surface area (Å²) in [4.78, 5) is 23.5. The van der Waals surface area contributed by atoms with Crippen molar-refractivity contribution in [1.29, 1.82) is 0 Å². The van der Waals surface area contributed by atoms with Gasteiger partial charge in [-0.1, -0.05) is 35.1 Å². The van der Waals surface area contributed by atoms with Crippen LogP contribution in [0.1, 0.15) is 5.56 Å². The van der Waals surface area contributed by atoms with Crippen molar-refractivity contribution in [2.75, 3.05) is 10.6 Å². The number of thiazole rings is 1. The van der Waals surface area contributed by atoms with Crippen molar-refractivity contribution in [2.45, 2.75) is 6.92 Å². The number of nitro groups is 1. The van der Waals surface area contributed by atoms with Crippen LogP contribution in [0.15, 0.2) is 42.7 Å². The lowest BCUT2D eigenvalue weighted by molar-refractivity contribution is -0.383. The first kappa shape index (κ1) is 19.0. The van der Waals surface area contributed by atoms with Crippen LogP contribution in [0.3, 0.4) is 0 Å². The minimum Gasteiger partial charge on any atom is -0.334 e. The van der Waals surface area contributed by atoms with Crippen molar-refractivity contribution in [3.63, 3.8) is 0 Å². The molecule has 146 valence electrons. The Morgan fingerprint density at radius 1 is 1.17 bits per heavy atom. The van der Waals surface area contributed by atoms with Crippen molar-refractivity contribution in [1.82, 2.24) is 15.0 Å². The fourth-order valence-corrected chi connectivity index (χ4v) is 3.81. The first-order valence-electron chi connectivity index (χ1n) is 8.27. The van der Waals surface area contributed by atoms with Crippen LogP contribution in [0.25, 0.3) is 10.2 Å². The monoisotopic (exact) mass is 430 g/mol. The number of fused-ring (bicyclic) bond motifs is 1. The second-order valence-electron chi connectivity index (χ2n) is 6.00. The number of hydrogen-bond acceptors (Lipinski definition) is 8. The number of rotatable bonds is 5. The average Bonchev–Trinajstić information content (AvgIpc) is 3.08. The van der Waals surface area contributed by atoms with Crippen molar-refractivity contribution in [2.24, 2.45) is 0 Å². The maximum absolute atomic E-state index is 13.4. The molecule has 0 aliphatic heterocycles. The number of nitrogens with one attached hydrogen (secondary N) is 2. The smallest absolute Gasteiger partial charge is 0.334 e. The van der Waals surface area contributed by atoms with Gasteiger partial charge in [-0.2, -0.15) is 0 Å². The summed E-state index contributed by atoms with van der Waals surface area (Å²) in [6.45, 7) is 1.94. The minimum absolute atomic E-state index is 0.0163. The highest BCUT2D eigenvalue weighted by Crippen LogP contribution is 2.36. The van der Waals surface area contributed by atoms with Gasteiger partial charge in [-0.15, -0.1) is 0 Å². The highest BCUT2D eigenvalue weighted by Gasteiger charge is 2.24. The predicted molar refractivity (Wildman–Crippen MR) is 111 cm³/mol. The average molecular weight is 431 g/mol. The van der Waals surface area contributed by atoms with E-state index in [-0.39, 0.29) is 22.3 Å². The van der Waals surface area contributed by atoms with Gasteiger partial charge < -0.3 is 10.6 Å². The number of nitrogens with zero attached hydrogens (tertiary/aromatic N) is 4. The van der Waals surface area contributed by atoms with E-state index in [1.807, 2.05) is 25.1 Å². The van der Waals surface area contributed by atoms with Crippen LogP contribution in [-0.2, 0) is 0 Å². The summed E-state index contributed by atoms with van der Waals surface area (Å²) in [5.74, 6) is -0.673. The van der Waals surface area contributed by atoms with Gasteiger partial charge in [0.05, 0.1) is 20.2 Å². The molecule has 0 saturated heterocycles. The zero-order valence-electron chi connectivity index (χ0n) is 14.8. The number of aryl methyl sites for hydroxylation is 1. The van der Waals surface area contributed by atoms with Crippen LogP contribution in [0.2, 0.25) is 5.02 Å². The molecule has 0 fully saturated rings. The number of para-hydroxylation sites is 1. The van der Waals surface area contributed by atoms with Crippen LogP contribution in [0.4, 0.5) is 32.5 Å². The van der Waals surface area contributed by atoms with Crippen LogP contribution >= 0.6 is 22.9 Å². The molecule has 29 heavy (non-hydrogen) atoms. The third kappa shape index (κ3) is 3.80. The molecule has 0 radical (unpaired) electrons. The second-order valence-corrected chi connectivity index (χ2v) is 7.43. The van der Waals surface area contributed by atoms with Gasteiger partial charge in [-0.25, -0.2) is 19.3 Å². The van der Waals surface area contributed by atoms with Gasteiger partial charge in [-0.3, -0.25) is 10.1 Å². The second kappa shape index (κ2) is 7.57. The quantitative estimate of drug-likeness (QED) is 0.314. The summed E-state index contributed by atoms with van der Waals surface area (Å²) in [5, 5.41) is 17.8. The SMILES string of the molecule is Cc1cccc2sc(Nc3ncnc(Nc4ccc(F)c(Cl)c4)c3[N+](=O)[O-])nc12. The van der Waals surface area contributed by atoms with Crippen molar-refractivity contribution in [3.8, 4) is 0 Å². The zero-order chi connectivity index (χ0) is 20.5. The molecule has 0 unspecified atom stereocenters. The molecular weight excluding hydrogens is 419 g/mol. The van der Waals surface area contributed by atoms with Crippen LogP contribution in [-0.4, -0.2) is 19.9 Å². The Hall–Kier alpha value is -3.37. The number of benzene rings is 2. The molecule has 11 heteroatoms. The first-order valence-corrected chi connectivity index (χ1v) is 9.46. The summed E-state index contributed by atoms with van der Waals surface area (Å²) in [5.41, 5.74) is 1.79. The summed E-state index contributed by atoms with van der Waals surface area (Å²) < 4.78 is 14.3. The van der Waals surface area contributed by atoms with Crippen molar-refractivity contribution >= 4 is 61.3 Å². The fourth-order valence-electron chi connectivity index (χ4n) is 2.69. The van der Waals surface area contributed by atoms with Gasteiger partial charge in [-0.05, 0) is 36.8 Å². The molecule has 8 nitrogen and oxygen atoms in total. The summed E-state index contributed by atoms with van der Waals surface area (Å²) in [6, 6.07) is 9.64. The number of halogens is 2. The molecule has 0 atom stereocenters. The van der Waals surface area contributed by atoms with Crippen molar-refractivity contribution in [3.05, 3.63) is 69.2 Å². The Morgan fingerprint density at radius 2 is 1.93 bits per heavy atom. The van der Waals surface area contributed by atoms with Gasteiger partial charge in [0, 0.05) is 5.69 Å². The van der Waals surface area contributed by atoms with E-state index in [4.69, 9.17) is 11.6 Å². The van der Waals surface area contributed by atoms with Gasteiger partial charge >= 0.3 is 5.69 Å². The van der Waals surface area contributed by atoms with Crippen LogP contribution in [0.5, 0.6) is 0 Å². The first-order chi connectivity index (χ1) is 13.9. The van der Waals surface area contributed by atoms with E-state index in [1.165, 1.54) is 29.8 Å². The Balaban J connectivity index is 1.71. The number of hydrogen-bond donors (Lipinski definition) is 2. The third-order valence-electron chi connectivity index (χ3n) is 4.03. The van der Waals surface area contributed by atoms with E-state index in [2.05, 4.69) is 25.6 Å². The lowest BCUT2D eigenvalue weighted by Gasteiger charge is -2.09. The van der Waals surface area contributed by atoms with Crippen LogP contribution < -0.4 is 10.6 Å². The lowest BCUT2D eigenvalue weighted by Crippen LogP contribution is -2.05. The summed E-state index contributed by atoms with van der Waals surface area (Å²) in [6.07, 6.45) is 1.18. The van der Waals surface area contributed by atoms with E-state index < -0.39 is 10.7 Å². The van der Waals surface area contributed by atoms with Gasteiger partial charge in [0.2, 0.25) is 11.6 Å².